The summed E-state index contributed by atoms with van der Waals surface area (Å²) in [6.07, 6.45) is 1.61. The van der Waals surface area contributed by atoms with Gasteiger partial charge in [-0.15, -0.1) is 0 Å². The number of hydrogen-bond acceptors (Lipinski definition) is 5. The number of rotatable bonds is 6. The lowest BCUT2D eigenvalue weighted by Crippen LogP contribution is -2.41. The van der Waals surface area contributed by atoms with Gasteiger partial charge in [0.2, 0.25) is 0 Å². The number of carbonyl (C=O) groups excluding carboxylic acids is 2. The summed E-state index contributed by atoms with van der Waals surface area (Å²) in [5.74, 6) is -0.128. The van der Waals surface area contributed by atoms with Crippen molar-refractivity contribution >= 4 is 23.4 Å². The van der Waals surface area contributed by atoms with Gasteiger partial charge in [0, 0.05) is 11.8 Å². The quantitative estimate of drug-likeness (QED) is 0.604. The molecule has 0 unspecified atom stereocenters. The summed E-state index contributed by atoms with van der Waals surface area (Å²) in [5.41, 5.74) is 5.74. The fourth-order valence-electron chi connectivity index (χ4n) is 2.55. The zero-order valence-corrected chi connectivity index (χ0v) is 16.6. The van der Waals surface area contributed by atoms with E-state index in [1.165, 1.54) is 23.9 Å². The third-order valence-corrected chi connectivity index (χ3v) is 4.26. The zero-order chi connectivity index (χ0) is 20.8. The van der Waals surface area contributed by atoms with Gasteiger partial charge in [-0.25, -0.2) is 4.68 Å². The molecule has 0 bridgehead atoms. The van der Waals surface area contributed by atoms with Crippen molar-refractivity contribution in [2.45, 2.75) is 6.92 Å². The fraction of sp³-hybridized carbons (Fsp3) is 0.150. The minimum Gasteiger partial charge on any atom is -0.493 e. The molecule has 150 valence electrons. The van der Waals surface area contributed by atoms with Crippen LogP contribution in [-0.2, 0) is 0 Å². The van der Waals surface area contributed by atoms with E-state index in [9.17, 15) is 9.59 Å². The predicted molar refractivity (Wildman–Crippen MR) is 108 cm³/mol. The lowest BCUT2D eigenvalue weighted by molar-refractivity contribution is 0.0843. The van der Waals surface area contributed by atoms with Crippen molar-refractivity contribution in [3.8, 4) is 17.2 Å². The Bertz CT molecular complexity index is 1030. The molecule has 2 N–H and O–H groups in total. The molecule has 3 aromatic rings. The Morgan fingerprint density at radius 2 is 1.83 bits per heavy atom. The molecule has 3 rings (SSSR count). The standard InChI is InChI=1S/C20H19ClN4O4/c1-3-29-17-9-8-13(12-18(17)28-2)19(26)22-23-20(27)15-10-11-25(24-15)16-7-5-4-6-14(16)21/h4-12H,3H2,1-2H3,(H,22,26)(H,23,27). The molecule has 0 aliphatic heterocycles. The first kappa shape index (κ1) is 20.2. The summed E-state index contributed by atoms with van der Waals surface area (Å²) in [5, 5.41) is 4.68. The van der Waals surface area contributed by atoms with Crippen molar-refractivity contribution in [1.82, 2.24) is 20.6 Å². The SMILES string of the molecule is CCOc1ccc(C(=O)NNC(=O)c2ccn(-c3ccccc3Cl)n2)cc1OC. The summed E-state index contributed by atoms with van der Waals surface area (Å²) in [7, 11) is 1.48. The van der Waals surface area contributed by atoms with E-state index in [0.717, 1.165) is 0 Å². The van der Waals surface area contributed by atoms with Crippen LogP contribution >= 0.6 is 11.6 Å². The van der Waals surface area contributed by atoms with Crippen molar-refractivity contribution in [3.63, 3.8) is 0 Å². The van der Waals surface area contributed by atoms with Crippen molar-refractivity contribution in [1.29, 1.82) is 0 Å². The van der Waals surface area contributed by atoms with Crippen LogP contribution < -0.4 is 20.3 Å². The van der Waals surface area contributed by atoms with Gasteiger partial charge in [-0.1, -0.05) is 23.7 Å². The Labute approximate surface area is 172 Å². The van der Waals surface area contributed by atoms with Crippen LogP contribution in [0.2, 0.25) is 5.02 Å². The average Bonchev–Trinajstić information content (AvgIpc) is 3.22. The maximum atomic E-state index is 12.3. The average molecular weight is 415 g/mol. The highest BCUT2D eigenvalue weighted by Gasteiger charge is 2.15. The number of para-hydroxylation sites is 1. The molecule has 9 heteroatoms. The molecule has 2 aromatic carbocycles. The summed E-state index contributed by atoms with van der Waals surface area (Å²) >= 11 is 6.14. The molecule has 0 spiro atoms. The number of amides is 2. The zero-order valence-electron chi connectivity index (χ0n) is 15.8. The first-order valence-corrected chi connectivity index (χ1v) is 9.13. The van der Waals surface area contributed by atoms with Gasteiger partial charge in [-0.2, -0.15) is 5.10 Å². The highest BCUT2D eigenvalue weighted by Crippen LogP contribution is 2.28. The van der Waals surface area contributed by atoms with Crippen LogP contribution in [0, 0.1) is 0 Å². The second-order valence-electron chi connectivity index (χ2n) is 5.80. The number of benzene rings is 2. The molecule has 2 amide bonds. The second kappa shape index (κ2) is 9.11. The van der Waals surface area contributed by atoms with Crippen LogP contribution in [0.25, 0.3) is 5.69 Å². The number of aromatic nitrogens is 2. The molecule has 0 atom stereocenters. The maximum absolute atomic E-state index is 12.3. The van der Waals surface area contributed by atoms with Crippen LogP contribution in [-0.4, -0.2) is 35.3 Å². The summed E-state index contributed by atoms with van der Waals surface area (Å²) in [6, 6.07) is 13.4. The number of hydrazine groups is 1. The van der Waals surface area contributed by atoms with Gasteiger partial charge in [-0.3, -0.25) is 20.4 Å². The van der Waals surface area contributed by atoms with Crippen LogP contribution in [0.4, 0.5) is 0 Å². The van der Waals surface area contributed by atoms with E-state index in [1.807, 2.05) is 13.0 Å². The van der Waals surface area contributed by atoms with E-state index < -0.39 is 11.8 Å². The lowest BCUT2D eigenvalue weighted by Gasteiger charge is -2.11. The topological polar surface area (TPSA) is 94.5 Å². The van der Waals surface area contributed by atoms with Crippen molar-refractivity contribution in [2.24, 2.45) is 0 Å². The third kappa shape index (κ3) is 4.67. The summed E-state index contributed by atoms with van der Waals surface area (Å²) in [6.45, 7) is 2.32. The Kier molecular flexibility index (Phi) is 6.36. The Balaban J connectivity index is 1.65. The Hall–Kier alpha value is -3.52. The van der Waals surface area contributed by atoms with E-state index in [1.54, 1.807) is 36.5 Å². The minimum atomic E-state index is -0.568. The molecule has 0 radical (unpaired) electrons. The van der Waals surface area contributed by atoms with Gasteiger partial charge < -0.3 is 9.47 Å². The highest BCUT2D eigenvalue weighted by atomic mass is 35.5. The van der Waals surface area contributed by atoms with Crippen molar-refractivity contribution < 1.29 is 19.1 Å². The van der Waals surface area contributed by atoms with Gasteiger partial charge in [0.1, 0.15) is 0 Å². The number of methoxy groups -OCH3 is 1. The number of carbonyl (C=O) groups is 2. The molecular weight excluding hydrogens is 396 g/mol. The highest BCUT2D eigenvalue weighted by molar-refractivity contribution is 6.32. The molecule has 1 heterocycles. The monoisotopic (exact) mass is 414 g/mol. The molecule has 1 aromatic heterocycles. The Morgan fingerprint density at radius 1 is 1.07 bits per heavy atom. The van der Waals surface area contributed by atoms with E-state index in [4.69, 9.17) is 21.1 Å². The van der Waals surface area contributed by atoms with Gasteiger partial charge >= 0.3 is 0 Å². The normalized spacial score (nSPS) is 10.3. The predicted octanol–water partition coefficient (Wildman–Crippen LogP) is 3.01. The van der Waals surface area contributed by atoms with Crippen LogP contribution in [0.5, 0.6) is 11.5 Å². The number of nitrogens with one attached hydrogen (secondary N) is 2. The molecule has 0 aliphatic carbocycles. The Morgan fingerprint density at radius 3 is 2.55 bits per heavy atom. The van der Waals surface area contributed by atoms with Gasteiger partial charge in [0.15, 0.2) is 17.2 Å². The van der Waals surface area contributed by atoms with Crippen LogP contribution in [0.3, 0.4) is 0 Å². The fourth-order valence-corrected chi connectivity index (χ4v) is 2.77. The molecule has 0 fully saturated rings. The summed E-state index contributed by atoms with van der Waals surface area (Å²) < 4.78 is 12.1. The largest absolute Gasteiger partial charge is 0.493 e. The van der Waals surface area contributed by atoms with Crippen LogP contribution in [0.15, 0.2) is 54.7 Å². The van der Waals surface area contributed by atoms with Crippen molar-refractivity contribution in [2.75, 3.05) is 13.7 Å². The second-order valence-corrected chi connectivity index (χ2v) is 6.21. The molecule has 0 saturated carbocycles. The van der Waals surface area contributed by atoms with Gasteiger partial charge in [0.25, 0.3) is 11.8 Å². The van der Waals surface area contributed by atoms with E-state index in [-0.39, 0.29) is 5.69 Å². The van der Waals surface area contributed by atoms with E-state index in [2.05, 4.69) is 16.0 Å². The maximum Gasteiger partial charge on any atom is 0.290 e. The lowest BCUT2D eigenvalue weighted by atomic mass is 10.2. The number of hydrogen-bond donors (Lipinski definition) is 2. The molecule has 8 nitrogen and oxygen atoms in total. The number of nitrogens with zero attached hydrogens (tertiary/aromatic N) is 2. The molecular formula is C20H19ClN4O4. The molecule has 29 heavy (non-hydrogen) atoms. The number of ether oxygens (including phenoxy) is 2. The summed E-state index contributed by atoms with van der Waals surface area (Å²) in [4.78, 5) is 24.6. The first-order chi connectivity index (χ1) is 14.0. The van der Waals surface area contributed by atoms with Gasteiger partial charge in [-0.05, 0) is 43.3 Å². The number of halogens is 1. The van der Waals surface area contributed by atoms with Gasteiger partial charge in [0.05, 0.1) is 24.4 Å². The van der Waals surface area contributed by atoms with Crippen molar-refractivity contribution in [3.05, 3.63) is 71.0 Å². The minimum absolute atomic E-state index is 0.120. The smallest absolute Gasteiger partial charge is 0.290 e. The van der Waals surface area contributed by atoms with E-state index >= 15 is 0 Å². The third-order valence-electron chi connectivity index (χ3n) is 3.94. The molecule has 0 aliphatic rings. The first-order valence-electron chi connectivity index (χ1n) is 8.75. The van der Waals surface area contributed by atoms with Crippen LogP contribution in [0.1, 0.15) is 27.8 Å². The van der Waals surface area contributed by atoms with E-state index in [0.29, 0.717) is 34.4 Å². The molecule has 0 saturated heterocycles.